The second kappa shape index (κ2) is 8.25. The number of nitrogens with one attached hydrogen (secondary N) is 1. The fourth-order valence-electron chi connectivity index (χ4n) is 1.98. The lowest BCUT2D eigenvalue weighted by Gasteiger charge is -2.26. The molecule has 5 heteroatoms. The van der Waals surface area contributed by atoms with Gasteiger partial charge in [-0.3, -0.25) is 10.4 Å². The molecule has 0 atom stereocenters. The van der Waals surface area contributed by atoms with E-state index in [1.807, 2.05) is 53.5 Å². The summed E-state index contributed by atoms with van der Waals surface area (Å²) < 4.78 is 5.03. The van der Waals surface area contributed by atoms with Gasteiger partial charge in [-0.2, -0.15) is 5.26 Å². The molecule has 0 bridgehead atoms. The Morgan fingerprint density at radius 1 is 1.22 bits per heavy atom. The van der Waals surface area contributed by atoms with Gasteiger partial charge in [0, 0.05) is 6.08 Å². The van der Waals surface area contributed by atoms with Crippen molar-refractivity contribution >= 4 is 17.3 Å². The van der Waals surface area contributed by atoms with Crippen LogP contribution in [0.15, 0.2) is 67.3 Å². The summed E-state index contributed by atoms with van der Waals surface area (Å²) in [7, 11) is 0. The summed E-state index contributed by atoms with van der Waals surface area (Å²) >= 11 is 0. The van der Waals surface area contributed by atoms with Crippen LogP contribution in [-0.2, 0) is 9.53 Å². The maximum atomic E-state index is 11.2. The van der Waals surface area contributed by atoms with Gasteiger partial charge in [-0.15, -0.1) is 0 Å². The average Bonchev–Trinajstić information content (AvgIpc) is 2.61. The highest BCUT2D eigenvalue weighted by molar-refractivity contribution is 5.81. The third-order valence-corrected chi connectivity index (χ3v) is 3.10. The second-order valence-corrected chi connectivity index (χ2v) is 4.63. The molecule has 5 nitrogen and oxygen atoms in total. The third-order valence-electron chi connectivity index (χ3n) is 3.10. The first-order valence-electron chi connectivity index (χ1n) is 7.12. The molecule has 0 saturated heterocycles. The van der Waals surface area contributed by atoms with E-state index < -0.39 is 5.97 Å². The third kappa shape index (κ3) is 4.61. The first-order chi connectivity index (χ1) is 11.2. The van der Waals surface area contributed by atoms with Crippen LogP contribution in [0, 0.1) is 11.3 Å². The molecule has 0 aliphatic rings. The molecule has 1 N–H and O–H groups in total. The summed E-state index contributed by atoms with van der Waals surface area (Å²) in [5.74, 6) is -0.463. The van der Waals surface area contributed by atoms with Crippen molar-refractivity contribution in [2.75, 3.05) is 23.6 Å². The van der Waals surface area contributed by atoms with Gasteiger partial charge in [0.1, 0.15) is 12.7 Å². The van der Waals surface area contributed by atoms with Gasteiger partial charge in [-0.25, -0.2) is 4.79 Å². The lowest BCUT2D eigenvalue weighted by molar-refractivity contribution is -0.137. The number of rotatable bonds is 7. The molecule has 2 aromatic rings. The molecule has 0 radical (unpaired) electrons. The number of benzene rings is 2. The van der Waals surface area contributed by atoms with E-state index in [0.29, 0.717) is 17.8 Å². The van der Waals surface area contributed by atoms with E-state index in [0.717, 1.165) is 11.8 Å². The molecule has 0 saturated carbocycles. The normalized spacial score (nSPS) is 9.52. The van der Waals surface area contributed by atoms with Gasteiger partial charge in [-0.05, 0) is 24.3 Å². The number of esters is 1. The van der Waals surface area contributed by atoms with Crippen LogP contribution in [0.3, 0.4) is 0 Å². The molecule has 2 aromatic carbocycles. The van der Waals surface area contributed by atoms with Crippen molar-refractivity contribution in [1.82, 2.24) is 0 Å². The number of carbonyl (C=O) groups excluding carboxylic acids is 1. The maximum absolute atomic E-state index is 11.2. The quantitative estimate of drug-likeness (QED) is 0.483. The number of hydrazine groups is 1. The maximum Gasteiger partial charge on any atom is 0.330 e. The Labute approximate surface area is 135 Å². The zero-order valence-corrected chi connectivity index (χ0v) is 12.6. The Bertz CT molecular complexity index is 708. The summed E-state index contributed by atoms with van der Waals surface area (Å²) in [5, 5.41) is 11.0. The van der Waals surface area contributed by atoms with Crippen molar-refractivity contribution in [3.05, 3.63) is 72.8 Å². The van der Waals surface area contributed by atoms with E-state index in [9.17, 15) is 10.1 Å². The number of carbonyl (C=O) groups is 1. The Kier molecular flexibility index (Phi) is 5.78. The first-order valence-corrected chi connectivity index (χ1v) is 7.12. The fourth-order valence-corrected chi connectivity index (χ4v) is 1.98. The van der Waals surface area contributed by atoms with E-state index >= 15 is 0 Å². The highest BCUT2D eigenvalue weighted by Gasteiger charge is 2.09. The molecule has 0 amide bonds. The van der Waals surface area contributed by atoms with Crippen LogP contribution in [0.25, 0.3) is 0 Å². The number of nitriles is 1. The largest absolute Gasteiger partial charge is 0.461 e. The minimum absolute atomic E-state index is 0.196. The standard InChI is InChI=1S/C18H17N3O2/c1-2-18(22)23-13-12-21(16-9-4-3-5-10-16)20-17-11-7-6-8-15(17)14-19/h2-11,20H,1,12-13H2. The van der Waals surface area contributed by atoms with E-state index in [1.54, 1.807) is 6.07 Å². The highest BCUT2D eigenvalue weighted by Crippen LogP contribution is 2.19. The zero-order chi connectivity index (χ0) is 16.5. The predicted molar refractivity (Wildman–Crippen MR) is 89.7 cm³/mol. The van der Waals surface area contributed by atoms with Crippen LogP contribution in [-0.4, -0.2) is 19.1 Å². The molecule has 0 unspecified atom stereocenters. The molecular formula is C18H17N3O2. The number of anilines is 2. The molecule has 116 valence electrons. The Morgan fingerprint density at radius 3 is 2.61 bits per heavy atom. The van der Waals surface area contributed by atoms with Gasteiger partial charge in [-0.1, -0.05) is 36.9 Å². The Balaban J connectivity index is 2.15. The molecule has 0 aliphatic heterocycles. The van der Waals surface area contributed by atoms with Crippen LogP contribution in [0.2, 0.25) is 0 Å². The highest BCUT2D eigenvalue weighted by atomic mass is 16.5. The van der Waals surface area contributed by atoms with E-state index in [4.69, 9.17) is 4.74 Å². The number of hydrogen-bond donors (Lipinski definition) is 1. The van der Waals surface area contributed by atoms with Crippen molar-refractivity contribution in [1.29, 1.82) is 5.26 Å². The monoisotopic (exact) mass is 307 g/mol. The van der Waals surface area contributed by atoms with Crippen LogP contribution in [0.5, 0.6) is 0 Å². The first kappa shape index (κ1) is 16.1. The molecule has 0 aliphatic carbocycles. The van der Waals surface area contributed by atoms with Crippen LogP contribution < -0.4 is 10.4 Å². The van der Waals surface area contributed by atoms with Crippen molar-refractivity contribution in [3.8, 4) is 6.07 Å². The van der Waals surface area contributed by atoms with Crippen LogP contribution >= 0.6 is 0 Å². The molecule has 23 heavy (non-hydrogen) atoms. The van der Waals surface area contributed by atoms with Crippen LogP contribution in [0.1, 0.15) is 5.56 Å². The van der Waals surface area contributed by atoms with Crippen molar-refractivity contribution in [2.45, 2.75) is 0 Å². The predicted octanol–water partition coefficient (Wildman–Crippen LogP) is 3.12. The van der Waals surface area contributed by atoms with Crippen molar-refractivity contribution < 1.29 is 9.53 Å². The summed E-state index contributed by atoms with van der Waals surface area (Å²) in [4.78, 5) is 11.2. The minimum Gasteiger partial charge on any atom is -0.461 e. The topological polar surface area (TPSA) is 65.4 Å². The van der Waals surface area contributed by atoms with Gasteiger partial charge in [0.2, 0.25) is 0 Å². The number of hydrogen-bond acceptors (Lipinski definition) is 5. The smallest absolute Gasteiger partial charge is 0.330 e. The zero-order valence-electron chi connectivity index (χ0n) is 12.6. The van der Waals surface area contributed by atoms with Gasteiger partial charge >= 0.3 is 5.97 Å². The molecule has 0 fully saturated rings. The summed E-state index contributed by atoms with van der Waals surface area (Å²) in [6.45, 7) is 3.98. The number of ether oxygens (including phenoxy) is 1. The number of nitrogens with zero attached hydrogens (tertiary/aromatic N) is 2. The van der Waals surface area contributed by atoms with Crippen molar-refractivity contribution in [2.24, 2.45) is 0 Å². The van der Waals surface area contributed by atoms with Gasteiger partial charge < -0.3 is 4.74 Å². The average molecular weight is 307 g/mol. The molecule has 2 rings (SSSR count). The summed E-state index contributed by atoms with van der Waals surface area (Å²) in [5.41, 5.74) is 5.33. The lowest BCUT2D eigenvalue weighted by Crippen LogP contribution is -2.34. The molecule has 0 aromatic heterocycles. The minimum atomic E-state index is -0.463. The summed E-state index contributed by atoms with van der Waals surface area (Å²) in [6, 6.07) is 19.0. The Morgan fingerprint density at radius 2 is 1.91 bits per heavy atom. The second-order valence-electron chi connectivity index (χ2n) is 4.63. The van der Waals surface area contributed by atoms with Crippen LogP contribution in [0.4, 0.5) is 11.4 Å². The van der Waals surface area contributed by atoms with Gasteiger partial charge in [0.25, 0.3) is 0 Å². The van der Waals surface area contributed by atoms with Gasteiger partial charge in [0.15, 0.2) is 0 Å². The Hall–Kier alpha value is -3.26. The van der Waals surface area contributed by atoms with E-state index in [-0.39, 0.29) is 6.61 Å². The molecule has 0 spiro atoms. The lowest BCUT2D eigenvalue weighted by atomic mass is 10.2. The van der Waals surface area contributed by atoms with Crippen molar-refractivity contribution in [3.63, 3.8) is 0 Å². The molecule has 0 heterocycles. The van der Waals surface area contributed by atoms with Gasteiger partial charge in [0.05, 0.1) is 23.5 Å². The fraction of sp³-hybridized carbons (Fsp3) is 0.111. The number of para-hydroxylation sites is 2. The van der Waals surface area contributed by atoms with E-state index in [2.05, 4.69) is 18.1 Å². The SMILES string of the molecule is C=CC(=O)OCCN(Nc1ccccc1C#N)c1ccccc1. The summed E-state index contributed by atoms with van der Waals surface area (Å²) in [6.07, 6.45) is 1.13. The molecular weight excluding hydrogens is 290 g/mol. The van der Waals surface area contributed by atoms with E-state index in [1.165, 1.54) is 0 Å².